The van der Waals surface area contributed by atoms with Crippen molar-refractivity contribution in [2.75, 3.05) is 38.3 Å². The van der Waals surface area contributed by atoms with E-state index in [1.165, 1.54) is 0 Å². The normalized spacial score (nSPS) is 16.7. The topological polar surface area (TPSA) is 71.1 Å². The number of hydrogen-bond acceptors (Lipinski definition) is 5. The van der Waals surface area contributed by atoms with E-state index >= 15 is 0 Å². The number of methoxy groups -OCH3 is 1. The summed E-state index contributed by atoms with van der Waals surface area (Å²) in [7, 11) is 1.65. The number of amides is 2. The first-order valence-electron chi connectivity index (χ1n) is 14.7. The van der Waals surface area contributed by atoms with E-state index in [2.05, 4.69) is 5.32 Å². The van der Waals surface area contributed by atoms with Crippen LogP contribution in [-0.2, 0) is 33.7 Å². The Morgan fingerprint density at radius 3 is 2.45 bits per heavy atom. The molecule has 5 rings (SSSR count). The molecule has 44 heavy (non-hydrogen) atoms. The van der Waals surface area contributed by atoms with E-state index in [0.717, 1.165) is 42.0 Å². The van der Waals surface area contributed by atoms with Crippen molar-refractivity contribution in [3.63, 3.8) is 0 Å². The molecule has 1 aliphatic heterocycles. The van der Waals surface area contributed by atoms with Gasteiger partial charge in [0.2, 0.25) is 17.6 Å². The molecule has 0 radical (unpaired) electrons. The number of aryl methyl sites for hydroxylation is 1. The molecule has 0 aromatic heterocycles. The summed E-state index contributed by atoms with van der Waals surface area (Å²) in [6, 6.07) is 14.0. The highest BCUT2D eigenvalue weighted by Gasteiger charge is 2.41. The van der Waals surface area contributed by atoms with Crippen LogP contribution in [0, 0.1) is 17.5 Å². The molecular formula is C33H35ClF3N3O4. The van der Waals surface area contributed by atoms with Crippen LogP contribution in [0.3, 0.4) is 0 Å². The second-order valence-corrected chi connectivity index (χ2v) is 11.5. The van der Waals surface area contributed by atoms with Gasteiger partial charge in [-0.3, -0.25) is 14.5 Å². The Morgan fingerprint density at radius 1 is 1.00 bits per heavy atom. The third-order valence-electron chi connectivity index (χ3n) is 7.87. The van der Waals surface area contributed by atoms with Gasteiger partial charge in [-0.1, -0.05) is 35.9 Å². The van der Waals surface area contributed by atoms with Crippen LogP contribution in [-0.4, -0.2) is 62.2 Å². The van der Waals surface area contributed by atoms with Crippen molar-refractivity contribution in [2.45, 2.75) is 50.7 Å². The monoisotopic (exact) mass is 629 g/mol. The molecule has 0 unspecified atom stereocenters. The predicted molar refractivity (Wildman–Crippen MR) is 161 cm³/mol. The lowest BCUT2D eigenvalue weighted by Gasteiger charge is -2.38. The van der Waals surface area contributed by atoms with Crippen LogP contribution < -0.4 is 15.0 Å². The molecule has 2 amide bonds. The van der Waals surface area contributed by atoms with Crippen molar-refractivity contribution in [1.82, 2.24) is 10.2 Å². The smallest absolute Gasteiger partial charge is 0.247 e. The van der Waals surface area contributed by atoms with Crippen molar-refractivity contribution < 1.29 is 32.2 Å². The second-order valence-electron chi connectivity index (χ2n) is 11.1. The lowest BCUT2D eigenvalue weighted by molar-refractivity contribution is -0.136. The van der Waals surface area contributed by atoms with Crippen molar-refractivity contribution in [3.8, 4) is 5.75 Å². The number of carbonyl (C=O) groups is 2. The Labute approximate surface area is 259 Å². The van der Waals surface area contributed by atoms with Crippen LogP contribution in [0.5, 0.6) is 5.75 Å². The van der Waals surface area contributed by atoms with Crippen LogP contribution in [0.1, 0.15) is 36.0 Å². The Balaban J connectivity index is 1.25. The highest BCUT2D eigenvalue weighted by molar-refractivity contribution is 6.31. The summed E-state index contributed by atoms with van der Waals surface area (Å²) in [5.41, 5.74) is 3.45. The van der Waals surface area contributed by atoms with Crippen molar-refractivity contribution in [3.05, 3.63) is 93.8 Å². The van der Waals surface area contributed by atoms with Gasteiger partial charge in [0.1, 0.15) is 6.04 Å². The van der Waals surface area contributed by atoms with Gasteiger partial charge in [0.15, 0.2) is 17.4 Å². The Kier molecular flexibility index (Phi) is 10.5. The molecule has 1 aliphatic carbocycles. The van der Waals surface area contributed by atoms with Gasteiger partial charge in [0.05, 0.1) is 19.8 Å². The number of rotatable bonds is 13. The Hall–Kier alpha value is -3.60. The minimum absolute atomic E-state index is 0.0117. The molecular weight excluding hydrogens is 595 g/mol. The highest BCUT2D eigenvalue weighted by Crippen LogP contribution is 2.33. The number of anilines is 1. The van der Waals surface area contributed by atoms with Gasteiger partial charge in [-0.15, -0.1) is 0 Å². The third kappa shape index (κ3) is 7.54. The molecule has 7 nitrogen and oxygen atoms in total. The molecule has 234 valence electrons. The first kappa shape index (κ1) is 31.8. The zero-order chi connectivity index (χ0) is 31.2. The van der Waals surface area contributed by atoms with E-state index in [0.29, 0.717) is 49.3 Å². The quantitative estimate of drug-likeness (QED) is 0.201. The fraction of sp³-hybridized carbons (Fsp3) is 0.394. The van der Waals surface area contributed by atoms with Gasteiger partial charge >= 0.3 is 0 Å². The van der Waals surface area contributed by atoms with E-state index in [9.17, 15) is 22.8 Å². The molecule has 1 heterocycles. The molecule has 0 bridgehead atoms. The van der Waals surface area contributed by atoms with Crippen molar-refractivity contribution >= 4 is 29.1 Å². The molecule has 11 heteroatoms. The molecule has 1 N–H and O–H groups in total. The summed E-state index contributed by atoms with van der Waals surface area (Å²) >= 11 is 6.55. The van der Waals surface area contributed by atoms with Crippen molar-refractivity contribution in [1.29, 1.82) is 0 Å². The lowest BCUT2D eigenvalue weighted by Crippen LogP contribution is -2.61. The molecule has 1 atom stereocenters. The number of benzene rings is 3. The summed E-state index contributed by atoms with van der Waals surface area (Å²) in [4.78, 5) is 30.6. The van der Waals surface area contributed by atoms with Gasteiger partial charge in [0.25, 0.3) is 0 Å². The minimum atomic E-state index is -1.35. The van der Waals surface area contributed by atoms with E-state index < -0.39 is 29.2 Å². The zero-order valence-corrected chi connectivity index (χ0v) is 25.2. The van der Waals surface area contributed by atoms with E-state index in [1.807, 2.05) is 35.2 Å². The highest BCUT2D eigenvalue weighted by atomic mass is 35.5. The fourth-order valence-corrected chi connectivity index (χ4v) is 5.55. The molecule has 0 spiro atoms. The average Bonchev–Trinajstić information content (AvgIpc) is 3.87. The van der Waals surface area contributed by atoms with Crippen LogP contribution in [0.25, 0.3) is 0 Å². The van der Waals surface area contributed by atoms with Crippen molar-refractivity contribution in [2.24, 2.45) is 0 Å². The van der Waals surface area contributed by atoms with E-state index in [-0.39, 0.29) is 31.0 Å². The largest absolute Gasteiger partial charge is 0.488 e. The molecule has 2 fully saturated rings. The van der Waals surface area contributed by atoms with Gasteiger partial charge in [0, 0.05) is 37.0 Å². The average molecular weight is 630 g/mol. The third-order valence-corrected chi connectivity index (χ3v) is 8.24. The maximum atomic E-state index is 14.0. The molecule has 2 aliphatic rings. The number of hydrogen-bond donors (Lipinski definition) is 1. The standard InChI is InChI=1S/C33H35ClF3N3O4/c1-43-16-14-22-6-11-26(34)23(17-22)20-39(24-9-10-24)33(42)29-18-38-19-30(41)40(29)25-7-4-21(5-8-25)3-2-15-44-32-28(36)13-12-27(35)31(32)37/h4-8,11-13,17,24,29,38H,2-3,9-10,14-16,18-20H2,1H3/t29-/m1/s1. The summed E-state index contributed by atoms with van der Waals surface area (Å²) in [5, 5.41) is 3.68. The SMILES string of the molecule is COCCc1ccc(Cl)c(CN(C(=O)[C@H]2CNCC(=O)N2c2ccc(CCCOc3c(F)ccc(F)c3F)cc2)C2CC2)c1. The van der Waals surface area contributed by atoms with Gasteiger partial charge in [-0.25, -0.2) is 8.78 Å². The second kappa shape index (κ2) is 14.5. The van der Waals surface area contributed by atoms with Crippen LogP contribution in [0.15, 0.2) is 54.6 Å². The van der Waals surface area contributed by atoms with Gasteiger partial charge in [-0.2, -0.15) is 4.39 Å². The minimum Gasteiger partial charge on any atom is -0.488 e. The summed E-state index contributed by atoms with van der Waals surface area (Å²) in [5.74, 6) is -4.55. The number of nitrogens with one attached hydrogen (secondary N) is 1. The molecule has 1 saturated carbocycles. The number of piperazine rings is 1. The lowest BCUT2D eigenvalue weighted by atomic mass is 10.0. The van der Waals surface area contributed by atoms with E-state index in [4.69, 9.17) is 21.1 Å². The number of halogens is 4. The number of ether oxygens (including phenoxy) is 2. The first-order valence-corrected chi connectivity index (χ1v) is 15.1. The van der Waals surface area contributed by atoms with Crippen LogP contribution >= 0.6 is 11.6 Å². The molecule has 3 aromatic carbocycles. The Morgan fingerprint density at radius 2 is 1.73 bits per heavy atom. The predicted octanol–water partition coefficient (Wildman–Crippen LogP) is 5.45. The summed E-state index contributed by atoms with van der Waals surface area (Å²) in [6.45, 7) is 1.36. The Bertz CT molecular complexity index is 1490. The van der Waals surface area contributed by atoms with Gasteiger partial charge < -0.3 is 19.7 Å². The van der Waals surface area contributed by atoms with Crippen LogP contribution in [0.4, 0.5) is 18.9 Å². The fourth-order valence-electron chi connectivity index (χ4n) is 5.38. The number of nitrogens with zero attached hydrogens (tertiary/aromatic N) is 2. The molecule has 1 saturated heterocycles. The van der Waals surface area contributed by atoms with Gasteiger partial charge in [-0.05, 0) is 79.1 Å². The van der Waals surface area contributed by atoms with E-state index in [1.54, 1.807) is 24.1 Å². The molecule has 3 aromatic rings. The first-order chi connectivity index (χ1) is 21.3. The summed E-state index contributed by atoms with van der Waals surface area (Å²) in [6.07, 6.45) is 3.49. The maximum Gasteiger partial charge on any atom is 0.247 e. The maximum absolute atomic E-state index is 14.0. The van der Waals surface area contributed by atoms with Crippen LogP contribution in [0.2, 0.25) is 5.02 Å². The number of carbonyl (C=O) groups excluding carboxylic acids is 2. The summed E-state index contributed by atoms with van der Waals surface area (Å²) < 4.78 is 51.4. The zero-order valence-electron chi connectivity index (χ0n) is 24.5.